The zero-order valence-electron chi connectivity index (χ0n) is 11.7. The molecule has 1 saturated carbocycles. The van der Waals surface area contributed by atoms with Crippen molar-refractivity contribution in [3.8, 4) is 0 Å². The third-order valence-electron chi connectivity index (χ3n) is 3.18. The van der Waals surface area contributed by atoms with Gasteiger partial charge in [-0.15, -0.1) is 0 Å². The summed E-state index contributed by atoms with van der Waals surface area (Å²) in [4.78, 5) is 24.2. The molecule has 0 bridgehead atoms. The number of amides is 1. The molecule has 0 N–H and O–H groups in total. The Labute approximate surface area is 118 Å². The predicted octanol–water partition coefficient (Wildman–Crippen LogP) is 3.05. The highest BCUT2D eigenvalue weighted by molar-refractivity contribution is 5.88. The van der Waals surface area contributed by atoms with Crippen LogP contribution in [0.25, 0.3) is 0 Å². The van der Waals surface area contributed by atoms with E-state index < -0.39 is 4.92 Å². The SMILES string of the molecule is CC(C)=CC(=O)N(Cc1ccc([N+](=O)[O-])cc1)C1CC1. The van der Waals surface area contributed by atoms with E-state index in [4.69, 9.17) is 0 Å². The Morgan fingerprint density at radius 1 is 1.35 bits per heavy atom. The first kappa shape index (κ1) is 14.2. The Morgan fingerprint density at radius 3 is 2.40 bits per heavy atom. The largest absolute Gasteiger partial charge is 0.332 e. The molecule has 2 rings (SSSR count). The summed E-state index contributed by atoms with van der Waals surface area (Å²) in [6.45, 7) is 4.30. The lowest BCUT2D eigenvalue weighted by Crippen LogP contribution is -2.31. The fourth-order valence-corrected chi connectivity index (χ4v) is 2.02. The molecule has 1 aromatic rings. The number of nitro groups is 1. The van der Waals surface area contributed by atoms with Crippen LogP contribution in [0.15, 0.2) is 35.9 Å². The number of carbonyl (C=O) groups excluding carboxylic acids is 1. The van der Waals surface area contributed by atoms with Crippen molar-refractivity contribution in [2.24, 2.45) is 0 Å². The molecular formula is C15H18N2O3. The molecule has 106 valence electrons. The van der Waals surface area contributed by atoms with E-state index in [9.17, 15) is 14.9 Å². The molecular weight excluding hydrogens is 256 g/mol. The number of nitro benzene ring substituents is 1. The Hall–Kier alpha value is -2.17. The van der Waals surface area contributed by atoms with E-state index in [0.29, 0.717) is 12.6 Å². The molecule has 0 aromatic heterocycles. The van der Waals surface area contributed by atoms with Gasteiger partial charge in [-0.25, -0.2) is 0 Å². The Morgan fingerprint density at radius 2 is 1.95 bits per heavy atom. The van der Waals surface area contributed by atoms with Crippen molar-refractivity contribution in [1.82, 2.24) is 4.90 Å². The van der Waals surface area contributed by atoms with Crippen LogP contribution < -0.4 is 0 Å². The summed E-state index contributed by atoms with van der Waals surface area (Å²) in [5.41, 5.74) is 1.96. The first-order valence-corrected chi connectivity index (χ1v) is 6.66. The molecule has 0 atom stereocenters. The van der Waals surface area contributed by atoms with Crippen molar-refractivity contribution in [3.63, 3.8) is 0 Å². The van der Waals surface area contributed by atoms with Gasteiger partial charge in [-0.3, -0.25) is 14.9 Å². The van der Waals surface area contributed by atoms with Crippen molar-refractivity contribution in [2.45, 2.75) is 39.3 Å². The molecule has 0 unspecified atom stereocenters. The van der Waals surface area contributed by atoms with Crippen LogP contribution in [0.4, 0.5) is 5.69 Å². The highest BCUT2D eigenvalue weighted by Crippen LogP contribution is 2.29. The molecule has 0 radical (unpaired) electrons. The average Bonchev–Trinajstić information content (AvgIpc) is 3.19. The van der Waals surface area contributed by atoms with E-state index in [1.54, 1.807) is 18.2 Å². The molecule has 0 spiro atoms. The Balaban J connectivity index is 2.10. The molecule has 5 heteroatoms. The first-order chi connectivity index (χ1) is 9.47. The highest BCUT2D eigenvalue weighted by atomic mass is 16.6. The summed E-state index contributed by atoms with van der Waals surface area (Å²) in [6, 6.07) is 6.69. The van der Waals surface area contributed by atoms with E-state index in [1.165, 1.54) is 12.1 Å². The first-order valence-electron chi connectivity index (χ1n) is 6.66. The van der Waals surface area contributed by atoms with Gasteiger partial charge in [0, 0.05) is 30.8 Å². The lowest BCUT2D eigenvalue weighted by Gasteiger charge is -2.21. The third kappa shape index (κ3) is 3.66. The van der Waals surface area contributed by atoms with Crippen LogP contribution in [0.1, 0.15) is 32.3 Å². The van der Waals surface area contributed by atoms with Crippen LogP contribution in [0, 0.1) is 10.1 Å². The van der Waals surface area contributed by atoms with Crippen LogP contribution in [-0.4, -0.2) is 21.8 Å². The van der Waals surface area contributed by atoms with Gasteiger partial charge >= 0.3 is 0 Å². The van der Waals surface area contributed by atoms with Gasteiger partial charge in [0.25, 0.3) is 5.69 Å². The molecule has 1 fully saturated rings. The minimum absolute atomic E-state index is 0.0193. The maximum absolute atomic E-state index is 12.2. The predicted molar refractivity (Wildman–Crippen MR) is 76.1 cm³/mol. The van der Waals surface area contributed by atoms with Gasteiger partial charge in [0.2, 0.25) is 5.91 Å². The fourth-order valence-electron chi connectivity index (χ4n) is 2.02. The number of benzene rings is 1. The number of hydrogen-bond acceptors (Lipinski definition) is 3. The summed E-state index contributed by atoms with van der Waals surface area (Å²) in [7, 11) is 0. The summed E-state index contributed by atoms with van der Waals surface area (Å²) < 4.78 is 0. The molecule has 5 nitrogen and oxygen atoms in total. The van der Waals surface area contributed by atoms with Gasteiger partial charge in [0.05, 0.1) is 4.92 Å². The number of hydrogen-bond donors (Lipinski definition) is 0. The molecule has 20 heavy (non-hydrogen) atoms. The summed E-state index contributed by atoms with van der Waals surface area (Å²) in [5, 5.41) is 10.6. The van der Waals surface area contributed by atoms with Gasteiger partial charge in [-0.05, 0) is 32.3 Å². The van der Waals surface area contributed by atoms with E-state index >= 15 is 0 Å². The summed E-state index contributed by atoms with van der Waals surface area (Å²) in [5.74, 6) is 0.0193. The maximum atomic E-state index is 12.2. The number of allylic oxidation sites excluding steroid dienone is 1. The second-order valence-electron chi connectivity index (χ2n) is 5.34. The quantitative estimate of drug-likeness (QED) is 0.471. The van der Waals surface area contributed by atoms with E-state index in [2.05, 4.69) is 0 Å². The molecule has 1 aliphatic rings. The molecule has 1 aliphatic carbocycles. The van der Waals surface area contributed by atoms with Crippen LogP contribution in [0.2, 0.25) is 0 Å². The Bertz CT molecular complexity index is 541. The average molecular weight is 274 g/mol. The van der Waals surface area contributed by atoms with E-state index in [-0.39, 0.29) is 11.6 Å². The second-order valence-corrected chi connectivity index (χ2v) is 5.34. The third-order valence-corrected chi connectivity index (χ3v) is 3.18. The van der Waals surface area contributed by atoms with Crippen molar-refractivity contribution < 1.29 is 9.72 Å². The van der Waals surface area contributed by atoms with Crippen molar-refractivity contribution >= 4 is 11.6 Å². The maximum Gasteiger partial charge on any atom is 0.269 e. The molecule has 0 heterocycles. The molecule has 0 aliphatic heterocycles. The van der Waals surface area contributed by atoms with Gasteiger partial charge in [0.15, 0.2) is 0 Å². The van der Waals surface area contributed by atoms with Crippen LogP contribution in [-0.2, 0) is 11.3 Å². The highest BCUT2D eigenvalue weighted by Gasteiger charge is 2.31. The minimum atomic E-state index is -0.420. The van der Waals surface area contributed by atoms with Crippen LogP contribution in [0.5, 0.6) is 0 Å². The van der Waals surface area contributed by atoms with Crippen molar-refractivity contribution in [3.05, 3.63) is 51.6 Å². The van der Waals surface area contributed by atoms with E-state index in [0.717, 1.165) is 24.0 Å². The van der Waals surface area contributed by atoms with Gasteiger partial charge < -0.3 is 4.90 Å². The Kier molecular flexibility index (Phi) is 4.17. The topological polar surface area (TPSA) is 63.5 Å². The monoisotopic (exact) mass is 274 g/mol. The van der Waals surface area contributed by atoms with Crippen LogP contribution >= 0.6 is 0 Å². The lowest BCUT2D eigenvalue weighted by atomic mass is 10.2. The normalized spacial score (nSPS) is 13.7. The molecule has 0 saturated heterocycles. The smallest absolute Gasteiger partial charge is 0.269 e. The van der Waals surface area contributed by atoms with Gasteiger partial charge in [-0.1, -0.05) is 17.7 Å². The lowest BCUT2D eigenvalue weighted by molar-refractivity contribution is -0.384. The molecule has 1 aromatic carbocycles. The van der Waals surface area contributed by atoms with Crippen LogP contribution in [0.3, 0.4) is 0 Å². The zero-order chi connectivity index (χ0) is 14.7. The van der Waals surface area contributed by atoms with Gasteiger partial charge in [-0.2, -0.15) is 0 Å². The fraction of sp³-hybridized carbons (Fsp3) is 0.400. The number of carbonyl (C=O) groups is 1. The van der Waals surface area contributed by atoms with E-state index in [1.807, 2.05) is 18.7 Å². The standard InChI is InChI=1S/C15H18N2O3/c1-11(2)9-15(18)16(13-7-8-13)10-12-3-5-14(6-4-12)17(19)20/h3-6,9,13H,7-8,10H2,1-2H3. The summed E-state index contributed by atoms with van der Waals surface area (Å²) in [6.07, 6.45) is 3.72. The number of rotatable bonds is 5. The van der Waals surface area contributed by atoms with Crippen molar-refractivity contribution in [1.29, 1.82) is 0 Å². The molecule has 1 amide bonds. The number of non-ortho nitro benzene ring substituents is 1. The second kappa shape index (κ2) is 5.86. The summed E-state index contributed by atoms with van der Waals surface area (Å²) >= 11 is 0. The number of nitrogens with zero attached hydrogens (tertiary/aromatic N) is 2. The zero-order valence-corrected chi connectivity index (χ0v) is 11.7. The minimum Gasteiger partial charge on any atom is -0.332 e. The van der Waals surface area contributed by atoms with Crippen molar-refractivity contribution in [2.75, 3.05) is 0 Å². The van der Waals surface area contributed by atoms with Gasteiger partial charge in [0.1, 0.15) is 0 Å².